The smallest absolute Gasteiger partial charge is 0.225 e. The minimum absolute atomic E-state index is 0.276. The number of hydrogen-bond acceptors (Lipinski definition) is 3. The van der Waals surface area contributed by atoms with Crippen molar-refractivity contribution < 1.29 is 4.79 Å². The summed E-state index contributed by atoms with van der Waals surface area (Å²) in [4.78, 5) is 19.2. The molecule has 0 radical (unpaired) electrons. The Hall–Kier alpha value is -1.91. The minimum Gasteiger partial charge on any atom is -0.342 e. The van der Waals surface area contributed by atoms with E-state index in [4.69, 9.17) is 0 Å². The van der Waals surface area contributed by atoms with Crippen molar-refractivity contribution in [3.8, 4) is 0 Å². The molecule has 5 nitrogen and oxygen atoms in total. The fourth-order valence-electron chi connectivity index (χ4n) is 4.19. The number of carbonyl (C=O) groups is 1. The molecule has 1 aliphatic carbocycles. The minimum atomic E-state index is 0.276. The van der Waals surface area contributed by atoms with Crippen molar-refractivity contribution in [1.29, 1.82) is 0 Å². The molecular formula is C18H24N4O. The van der Waals surface area contributed by atoms with Crippen LogP contribution in [0.4, 0.5) is 0 Å². The molecule has 3 heterocycles. The van der Waals surface area contributed by atoms with Gasteiger partial charge in [-0.15, -0.1) is 0 Å². The number of piperidine rings is 1. The number of carbonyl (C=O) groups excluding carboxylic acids is 1. The molecule has 2 aromatic rings. The van der Waals surface area contributed by atoms with Crippen molar-refractivity contribution in [2.75, 3.05) is 13.1 Å². The lowest BCUT2D eigenvalue weighted by Gasteiger charge is -2.34. The zero-order valence-electron chi connectivity index (χ0n) is 13.7. The Morgan fingerprint density at radius 1 is 1.22 bits per heavy atom. The first-order chi connectivity index (χ1) is 11.2. The molecule has 1 aliphatic heterocycles. The van der Waals surface area contributed by atoms with E-state index in [1.807, 2.05) is 23.7 Å². The third-order valence-electron chi connectivity index (χ3n) is 5.37. The fraction of sp³-hybridized carbons (Fsp3) is 0.611. The summed E-state index contributed by atoms with van der Waals surface area (Å²) < 4.78 is 1.96. The topological polar surface area (TPSA) is 50.5 Å². The van der Waals surface area contributed by atoms with Crippen LogP contribution in [0.3, 0.4) is 0 Å². The van der Waals surface area contributed by atoms with Gasteiger partial charge in [0.1, 0.15) is 0 Å². The van der Waals surface area contributed by atoms with Gasteiger partial charge in [-0.25, -0.2) is 9.50 Å². The highest BCUT2D eigenvalue weighted by molar-refractivity contribution is 5.79. The molecule has 1 saturated carbocycles. The van der Waals surface area contributed by atoms with Crippen LogP contribution < -0.4 is 0 Å². The average Bonchev–Trinajstić information content (AvgIpc) is 3.22. The lowest BCUT2D eigenvalue weighted by molar-refractivity contribution is -0.136. The van der Waals surface area contributed by atoms with Crippen molar-refractivity contribution in [2.45, 2.75) is 51.4 Å². The largest absolute Gasteiger partial charge is 0.342 e. The van der Waals surface area contributed by atoms with Gasteiger partial charge in [-0.1, -0.05) is 12.8 Å². The number of rotatable bonds is 2. The highest BCUT2D eigenvalue weighted by atomic mass is 16.2. The van der Waals surface area contributed by atoms with Gasteiger partial charge in [-0.2, -0.15) is 5.10 Å². The molecule has 0 N–H and O–H groups in total. The third-order valence-corrected chi connectivity index (χ3v) is 5.37. The van der Waals surface area contributed by atoms with Gasteiger partial charge in [0.15, 0.2) is 5.65 Å². The predicted molar refractivity (Wildman–Crippen MR) is 88.2 cm³/mol. The van der Waals surface area contributed by atoms with Crippen LogP contribution in [0.1, 0.15) is 55.8 Å². The van der Waals surface area contributed by atoms with Crippen molar-refractivity contribution in [3.05, 3.63) is 29.7 Å². The van der Waals surface area contributed by atoms with E-state index >= 15 is 0 Å². The summed E-state index contributed by atoms with van der Waals surface area (Å²) in [6, 6.07) is 4.07. The molecule has 2 aromatic heterocycles. The summed E-state index contributed by atoms with van der Waals surface area (Å²) in [6.07, 6.45) is 8.65. The van der Waals surface area contributed by atoms with E-state index in [0.717, 1.165) is 50.1 Å². The van der Waals surface area contributed by atoms with Gasteiger partial charge in [-0.05, 0) is 38.7 Å². The Balaban J connectivity index is 1.57. The molecule has 1 unspecified atom stereocenters. The molecule has 2 fully saturated rings. The molecule has 5 heteroatoms. The number of hydrogen-bond donors (Lipinski definition) is 0. The Labute approximate surface area is 136 Å². The second-order valence-corrected chi connectivity index (χ2v) is 7.03. The third kappa shape index (κ3) is 2.73. The first-order valence-corrected chi connectivity index (χ1v) is 8.82. The SMILES string of the molecule is Cc1cc2nccc(C3CCCN(C(=O)C4CCCC4)C3)n2n1. The summed E-state index contributed by atoms with van der Waals surface area (Å²) in [5.74, 6) is 1.02. The van der Waals surface area contributed by atoms with Crippen LogP contribution in [0.15, 0.2) is 18.3 Å². The second kappa shape index (κ2) is 5.95. The first-order valence-electron chi connectivity index (χ1n) is 8.82. The van der Waals surface area contributed by atoms with Crippen LogP contribution in [0.2, 0.25) is 0 Å². The monoisotopic (exact) mass is 312 g/mol. The van der Waals surface area contributed by atoms with E-state index in [-0.39, 0.29) is 5.92 Å². The Morgan fingerprint density at radius 2 is 2.04 bits per heavy atom. The molecule has 1 amide bonds. The zero-order chi connectivity index (χ0) is 15.8. The maximum absolute atomic E-state index is 12.7. The molecule has 1 atom stereocenters. The summed E-state index contributed by atoms with van der Waals surface area (Å²) in [5, 5.41) is 4.59. The normalized spacial score (nSPS) is 22.8. The second-order valence-electron chi connectivity index (χ2n) is 7.03. The van der Waals surface area contributed by atoms with Gasteiger partial charge < -0.3 is 4.90 Å². The van der Waals surface area contributed by atoms with E-state index < -0.39 is 0 Å². The van der Waals surface area contributed by atoms with Crippen molar-refractivity contribution in [2.24, 2.45) is 5.92 Å². The van der Waals surface area contributed by atoms with Gasteiger partial charge in [-0.3, -0.25) is 4.79 Å². The van der Waals surface area contributed by atoms with E-state index in [9.17, 15) is 4.79 Å². The van der Waals surface area contributed by atoms with Gasteiger partial charge in [0.05, 0.1) is 11.4 Å². The van der Waals surface area contributed by atoms with E-state index in [1.54, 1.807) is 0 Å². The molecule has 1 saturated heterocycles. The standard InChI is InChI=1S/C18H24N4O/c1-13-11-17-19-9-8-16(22(17)20-13)15-7-4-10-21(12-15)18(23)14-5-2-3-6-14/h8-9,11,14-15H,2-7,10,12H2,1H3. The van der Waals surface area contributed by atoms with Gasteiger partial charge in [0.25, 0.3) is 0 Å². The molecular weight excluding hydrogens is 288 g/mol. The molecule has 0 bridgehead atoms. The molecule has 2 aliphatic rings. The first kappa shape index (κ1) is 14.7. The van der Waals surface area contributed by atoms with Crippen molar-refractivity contribution in [1.82, 2.24) is 19.5 Å². The van der Waals surface area contributed by atoms with Crippen LogP contribution in [0.25, 0.3) is 5.65 Å². The van der Waals surface area contributed by atoms with E-state index in [2.05, 4.69) is 21.0 Å². The molecule has 23 heavy (non-hydrogen) atoms. The number of aryl methyl sites for hydroxylation is 1. The van der Waals surface area contributed by atoms with Crippen LogP contribution in [-0.2, 0) is 4.79 Å². The number of fused-ring (bicyclic) bond motifs is 1. The molecule has 0 aromatic carbocycles. The van der Waals surface area contributed by atoms with Crippen LogP contribution in [0.5, 0.6) is 0 Å². The van der Waals surface area contributed by atoms with Crippen molar-refractivity contribution in [3.63, 3.8) is 0 Å². The van der Waals surface area contributed by atoms with Gasteiger partial charge >= 0.3 is 0 Å². The van der Waals surface area contributed by atoms with E-state index in [1.165, 1.54) is 18.5 Å². The number of amides is 1. The summed E-state index contributed by atoms with van der Waals surface area (Å²) >= 11 is 0. The van der Waals surface area contributed by atoms with Gasteiger partial charge in [0.2, 0.25) is 5.91 Å². The van der Waals surface area contributed by atoms with Crippen LogP contribution in [-0.4, -0.2) is 38.5 Å². The lowest BCUT2D eigenvalue weighted by atomic mass is 9.93. The lowest BCUT2D eigenvalue weighted by Crippen LogP contribution is -2.42. The zero-order valence-corrected chi connectivity index (χ0v) is 13.7. The van der Waals surface area contributed by atoms with Crippen LogP contribution in [0, 0.1) is 12.8 Å². The Kier molecular flexibility index (Phi) is 3.79. The summed E-state index contributed by atoms with van der Waals surface area (Å²) in [5.41, 5.74) is 3.07. The summed E-state index contributed by atoms with van der Waals surface area (Å²) in [6.45, 7) is 3.74. The predicted octanol–water partition coefficient (Wildman–Crippen LogP) is 2.93. The maximum Gasteiger partial charge on any atom is 0.225 e. The highest BCUT2D eigenvalue weighted by Crippen LogP contribution is 2.31. The van der Waals surface area contributed by atoms with E-state index in [0.29, 0.717) is 11.8 Å². The van der Waals surface area contributed by atoms with Gasteiger partial charge in [0, 0.05) is 37.2 Å². The fourth-order valence-corrected chi connectivity index (χ4v) is 4.19. The number of likely N-dealkylation sites (tertiary alicyclic amines) is 1. The van der Waals surface area contributed by atoms with Crippen LogP contribution >= 0.6 is 0 Å². The highest BCUT2D eigenvalue weighted by Gasteiger charge is 2.31. The molecule has 122 valence electrons. The summed E-state index contributed by atoms with van der Waals surface area (Å²) in [7, 11) is 0. The number of aromatic nitrogens is 3. The Morgan fingerprint density at radius 3 is 2.87 bits per heavy atom. The Bertz CT molecular complexity index is 717. The number of nitrogens with zero attached hydrogens (tertiary/aromatic N) is 4. The maximum atomic E-state index is 12.7. The van der Waals surface area contributed by atoms with Crippen molar-refractivity contribution >= 4 is 11.6 Å². The average molecular weight is 312 g/mol. The quantitative estimate of drug-likeness (QED) is 0.856. The molecule has 4 rings (SSSR count). The molecule has 0 spiro atoms.